The lowest BCUT2D eigenvalue weighted by molar-refractivity contribution is 0.103. The highest BCUT2D eigenvalue weighted by atomic mass is 19.2. The number of nitrogens with zero attached hydrogens (tertiary/aromatic N) is 1. The number of carbonyl (C=O) groups excluding carboxylic acids is 1. The zero-order valence-electron chi connectivity index (χ0n) is 13.2. The van der Waals surface area contributed by atoms with Crippen molar-refractivity contribution >= 4 is 5.78 Å². The van der Waals surface area contributed by atoms with E-state index in [9.17, 15) is 18.0 Å². The first-order chi connectivity index (χ1) is 11.5. The smallest absolute Gasteiger partial charge is 0.194 e. The van der Waals surface area contributed by atoms with Gasteiger partial charge in [0, 0.05) is 17.7 Å². The third-order valence-corrected chi connectivity index (χ3v) is 4.29. The Morgan fingerprint density at radius 1 is 0.917 bits per heavy atom. The molecule has 0 bridgehead atoms. The van der Waals surface area contributed by atoms with Crippen molar-refractivity contribution in [3.8, 4) is 0 Å². The van der Waals surface area contributed by atoms with Gasteiger partial charge in [-0.25, -0.2) is 13.2 Å². The maximum Gasteiger partial charge on any atom is 0.194 e. The summed E-state index contributed by atoms with van der Waals surface area (Å²) in [6, 6.07) is 8.48. The van der Waals surface area contributed by atoms with E-state index in [1.165, 1.54) is 19.3 Å². The molecule has 3 rings (SSSR count). The van der Waals surface area contributed by atoms with Crippen LogP contribution in [0.3, 0.4) is 0 Å². The predicted octanol–water partition coefficient (Wildman–Crippen LogP) is 4.32. The van der Waals surface area contributed by atoms with Crippen molar-refractivity contribution in [1.29, 1.82) is 0 Å². The van der Waals surface area contributed by atoms with Gasteiger partial charge in [0.25, 0.3) is 0 Å². The van der Waals surface area contributed by atoms with Crippen molar-refractivity contribution in [3.05, 3.63) is 70.5 Å². The first kappa shape index (κ1) is 16.7. The molecule has 0 amide bonds. The second-order valence-corrected chi connectivity index (χ2v) is 6.12. The molecule has 1 fully saturated rings. The number of halogens is 3. The molecule has 1 aliphatic rings. The maximum absolute atomic E-state index is 13.3. The number of hydrogen-bond acceptors (Lipinski definition) is 2. The van der Waals surface area contributed by atoms with Gasteiger partial charge in [-0.05, 0) is 49.7 Å². The molecule has 2 aromatic carbocycles. The molecule has 0 aliphatic carbocycles. The molecular formula is C19H18F3NO. The number of likely N-dealkylation sites (tertiary alicyclic amines) is 1. The minimum atomic E-state index is -1.56. The summed E-state index contributed by atoms with van der Waals surface area (Å²) in [5.74, 6) is -4.80. The minimum absolute atomic E-state index is 0.193. The lowest BCUT2D eigenvalue weighted by atomic mass is 10.0. The number of hydrogen-bond donors (Lipinski definition) is 0. The summed E-state index contributed by atoms with van der Waals surface area (Å²) in [5.41, 5.74) is 1.13. The van der Waals surface area contributed by atoms with Gasteiger partial charge in [0.1, 0.15) is 0 Å². The molecule has 126 valence electrons. The van der Waals surface area contributed by atoms with Gasteiger partial charge < -0.3 is 0 Å². The Balaban J connectivity index is 1.81. The lowest BCUT2D eigenvalue weighted by Crippen LogP contribution is -2.29. The average Bonchev–Trinajstić information content (AvgIpc) is 2.59. The molecule has 0 unspecified atom stereocenters. The van der Waals surface area contributed by atoms with E-state index in [0.29, 0.717) is 5.56 Å². The van der Waals surface area contributed by atoms with Gasteiger partial charge in [0.2, 0.25) is 0 Å². The number of benzene rings is 2. The van der Waals surface area contributed by atoms with Crippen LogP contribution in [0.15, 0.2) is 36.4 Å². The van der Waals surface area contributed by atoms with Crippen molar-refractivity contribution in [1.82, 2.24) is 4.90 Å². The highest BCUT2D eigenvalue weighted by Crippen LogP contribution is 2.19. The highest BCUT2D eigenvalue weighted by molar-refractivity contribution is 6.09. The van der Waals surface area contributed by atoms with Crippen LogP contribution in [-0.2, 0) is 6.54 Å². The van der Waals surface area contributed by atoms with Crippen LogP contribution in [0.4, 0.5) is 13.2 Å². The molecule has 5 heteroatoms. The van der Waals surface area contributed by atoms with Gasteiger partial charge in [-0.2, -0.15) is 0 Å². The minimum Gasteiger partial charge on any atom is -0.299 e. The maximum atomic E-state index is 13.3. The summed E-state index contributed by atoms with van der Waals surface area (Å²) in [6.07, 6.45) is 3.59. The molecule has 0 N–H and O–H groups in total. The standard InChI is InChI=1S/C19H18F3NO/c20-16-10-15(11-17(21)18(16)22)19(24)14-6-4-5-13(9-14)12-23-7-2-1-3-8-23/h4-6,9-11H,1-3,7-8,12H2. The third kappa shape index (κ3) is 3.67. The van der Waals surface area contributed by atoms with Crippen molar-refractivity contribution in [2.45, 2.75) is 25.8 Å². The van der Waals surface area contributed by atoms with Gasteiger partial charge in [-0.1, -0.05) is 24.6 Å². The summed E-state index contributed by atoms with van der Waals surface area (Å²) >= 11 is 0. The predicted molar refractivity (Wildman–Crippen MR) is 85.3 cm³/mol. The largest absolute Gasteiger partial charge is 0.299 e. The van der Waals surface area contributed by atoms with E-state index < -0.39 is 23.2 Å². The van der Waals surface area contributed by atoms with Crippen LogP contribution in [0, 0.1) is 17.5 Å². The Kier molecular flexibility index (Phi) is 5.00. The third-order valence-electron chi connectivity index (χ3n) is 4.29. The Hall–Kier alpha value is -2.14. The molecule has 0 aromatic heterocycles. The zero-order chi connectivity index (χ0) is 17.1. The molecule has 1 saturated heterocycles. The van der Waals surface area contributed by atoms with Crippen LogP contribution < -0.4 is 0 Å². The summed E-state index contributed by atoms with van der Waals surface area (Å²) in [6.45, 7) is 2.81. The molecule has 1 heterocycles. The van der Waals surface area contributed by atoms with E-state index in [-0.39, 0.29) is 5.56 Å². The number of rotatable bonds is 4. The Morgan fingerprint density at radius 2 is 1.58 bits per heavy atom. The fourth-order valence-electron chi connectivity index (χ4n) is 3.04. The van der Waals surface area contributed by atoms with E-state index in [0.717, 1.165) is 37.3 Å². The number of piperidine rings is 1. The van der Waals surface area contributed by atoms with Crippen molar-refractivity contribution < 1.29 is 18.0 Å². The van der Waals surface area contributed by atoms with E-state index in [1.807, 2.05) is 6.07 Å². The molecule has 2 aromatic rings. The topological polar surface area (TPSA) is 20.3 Å². The van der Waals surface area contributed by atoms with Crippen LogP contribution in [0.25, 0.3) is 0 Å². The van der Waals surface area contributed by atoms with Crippen molar-refractivity contribution in [2.75, 3.05) is 13.1 Å². The van der Waals surface area contributed by atoms with Gasteiger partial charge in [0.05, 0.1) is 0 Å². The Labute approximate surface area is 138 Å². The molecule has 0 atom stereocenters. The second kappa shape index (κ2) is 7.18. The SMILES string of the molecule is O=C(c1cccc(CN2CCCCC2)c1)c1cc(F)c(F)c(F)c1. The number of carbonyl (C=O) groups is 1. The highest BCUT2D eigenvalue weighted by Gasteiger charge is 2.17. The van der Waals surface area contributed by atoms with Crippen LogP contribution in [0.1, 0.15) is 40.7 Å². The van der Waals surface area contributed by atoms with Crippen molar-refractivity contribution in [3.63, 3.8) is 0 Å². The normalized spacial score (nSPS) is 15.5. The molecular weight excluding hydrogens is 315 g/mol. The van der Waals surface area contributed by atoms with Gasteiger partial charge >= 0.3 is 0 Å². The molecule has 2 nitrogen and oxygen atoms in total. The molecule has 0 saturated carbocycles. The zero-order valence-corrected chi connectivity index (χ0v) is 13.2. The Bertz CT molecular complexity index is 731. The molecule has 0 spiro atoms. The van der Waals surface area contributed by atoms with Crippen LogP contribution >= 0.6 is 0 Å². The van der Waals surface area contributed by atoms with Crippen LogP contribution in [0.2, 0.25) is 0 Å². The van der Waals surface area contributed by atoms with Gasteiger partial charge in [-0.15, -0.1) is 0 Å². The fraction of sp³-hybridized carbons (Fsp3) is 0.316. The monoisotopic (exact) mass is 333 g/mol. The molecule has 24 heavy (non-hydrogen) atoms. The Morgan fingerprint density at radius 3 is 2.25 bits per heavy atom. The second-order valence-electron chi connectivity index (χ2n) is 6.12. The van der Waals surface area contributed by atoms with E-state index in [1.54, 1.807) is 18.2 Å². The fourth-order valence-corrected chi connectivity index (χ4v) is 3.04. The van der Waals surface area contributed by atoms with Gasteiger partial charge in [0.15, 0.2) is 23.2 Å². The quantitative estimate of drug-likeness (QED) is 0.613. The summed E-state index contributed by atoms with van der Waals surface area (Å²) in [4.78, 5) is 14.8. The summed E-state index contributed by atoms with van der Waals surface area (Å²) in [5, 5.41) is 0. The first-order valence-corrected chi connectivity index (χ1v) is 8.05. The first-order valence-electron chi connectivity index (χ1n) is 8.05. The number of ketones is 1. The lowest BCUT2D eigenvalue weighted by Gasteiger charge is -2.26. The van der Waals surface area contributed by atoms with Crippen LogP contribution in [0.5, 0.6) is 0 Å². The summed E-state index contributed by atoms with van der Waals surface area (Å²) in [7, 11) is 0. The van der Waals surface area contributed by atoms with E-state index >= 15 is 0 Å². The van der Waals surface area contributed by atoms with Gasteiger partial charge in [-0.3, -0.25) is 9.69 Å². The molecule has 1 aliphatic heterocycles. The van der Waals surface area contributed by atoms with E-state index in [2.05, 4.69) is 4.90 Å². The molecule has 0 radical (unpaired) electrons. The average molecular weight is 333 g/mol. The van der Waals surface area contributed by atoms with Crippen molar-refractivity contribution in [2.24, 2.45) is 0 Å². The van der Waals surface area contributed by atoms with E-state index in [4.69, 9.17) is 0 Å². The van der Waals surface area contributed by atoms with Crippen LogP contribution in [-0.4, -0.2) is 23.8 Å². The summed E-state index contributed by atoms with van der Waals surface area (Å²) < 4.78 is 39.7.